The zero-order valence-electron chi connectivity index (χ0n) is 16.3. The second kappa shape index (κ2) is 7.36. The number of aromatic nitrogens is 4. The van der Waals surface area contributed by atoms with Gasteiger partial charge in [-0.15, -0.1) is 0 Å². The highest BCUT2D eigenvalue weighted by atomic mass is 19.1. The summed E-state index contributed by atoms with van der Waals surface area (Å²) in [6, 6.07) is 8.94. The van der Waals surface area contributed by atoms with Crippen molar-refractivity contribution in [2.24, 2.45) is 0 Å². The molecule has 0 amide bonds. The number of rotatable bonds is 4. The molecule has 1 N–H and O–H groups in total. The van der Waals surface area contributed by atoms with Gasteiger partial charge in [0.2, 0.25) is 5.95 Å². The summed E-state index contributed by atoms with van der Waals surface area (Å²) in [4.78, 5) is 27.5. The molecule has 0 saturated heterocycles. The Morgan fingerprint density at radius 3 is 2.66 bits per heavy atom. The van der Waals surface area contributed by atoms with Gasteiger partial charge in [-0.2, -0.15) is 0 Å². The molecule has 0 aliphatic carbocycles. The fraction of sp³-hybridized carbons (Fsp3) is 0.333. The molecule has 2 aromatic heterocycles. The molecule has 0 radical (unpaired) electrons. The maximum Gasteiger partial charge on any atom is 0.255 e. The summed E-state index contributed by atoms with van der Waals surface area (Å²) in [7, 11) is 0. The normalized spacial score (nSPS) is 16.3. The molecular formula is C21H22FN5O2. The molecule has 29 heavy (non-hydrogen) atoms. The van der Waals surface area contributed by atoms with Crippen LogP contribution in [-0.2, 0) is 6.54 Å². The van der Waals surface area contributed by atoms with Gasteiger partial charge in [-0.1, -0.05) is 12.1 Å². The number of anilines is 1. The fourth-order valence-corrected chi connectivity index (χ4v) is 3.57. The van der Waals surface area contributed by atoms with E-state index in [1.54, 1.807) is 29.0 Å². The Labute approximate surface area is 167 Å². The van der Waals surface area contributed by atoms with Crippen LogP contribution in [0.2, 0.25) is 0 Å². The second-order valence-electron chi connectivity index (χ2n) is 7.77. The van der Waals surface area contributed by atoms with Gasteiger partial charge in [0.1, 0.15) is 12.1 Å². The number of nitrogens with zero attached hydrogens (tertiary/aromatic N) is 5. The molecule has 0 fully saturated rings. The number of hydrogen-bond donors (Lipinski definition) is 1. The van der Waals surface area contributed by atoms with Crippen LogP contribution in [0, 0.1) is 5.82 Å². The topological polar surface area (TPSA) is 84.1 Å². The molecule has 1 aliphatic heterocycles. The van der Waals surface area contributed by atoms with Gasteiger partial charge in [-0.05, 0) is 44.0 Å². The van der Waals surface area contributed by atoms with Crippen molar-refractivity contribution in [1.82, 2.24) is 19.5 Å². The van der Waals surface area contributed by atoms with E-state index in [4.69, 9.17) is 4.98 Å². The molecule has 0 unspecified atom stereocenters. The van der Waals surface area contributed by atoms with Gasteiger partial charge in [-0.3, -0.25) is 9.36 Å². The lowest BCUT2D eigenvalue weighted by molar-refractivity contribution is 0.168. The smallest absolute Gasteiger partial charge is 0.255 e. The largest absolute Gasteiger partial charge is 0.387 e. The Kier molecular flexibility index (Phi) is 4.87. The number of halogens is 1. The Morgan fingerprint density at radius 1 is 1.21 bits per heavy atom. The van der Waals surface area contributed by atoms with Crippen molar-refractivity contribution in [2.75, 3.05) is 11.4 Å². The molecule has 1 aliphatic rings. The molecule has 150 valence electrons. The lowest BCUT2D eigenvalue weighted by atomic mass is 9.95. The Balaban J connectivity index is 1.75. The van der Waals surface area contributed by atoms with Gasteiger partial charge < -0.3 is 10.0 Å². The average molecular weight is 395 g/mol. The summed E-state index contributed by atoms with van der Waals surface area (Å²) in [6.07, 6.45) is 2.88. The van der Waals surface area contributed by atoms with Gasteiger partial charge in [0.15, 0.2) is 0 Å². The Morgan fingerprint density at radius 2 is 1.97 bits per heavy atom. The lowest BCUT2D eigenvalue weighted by Gasteiger charge is -2.45. The molecule has 3 aromatic rings. The minimum absolute atomic E-state index is 0.166. The van der Waals surface area contributed by atoms with Crippen molar-refractivity contribution in [3.63, 3.8) is 0 Å². The number of aliphatic hydroxyl groups excluding tert-OH is 1. The van der Waals surface area contributed by atoms with E-state index in [9.17, 15) is 14.3 Å². The third-order valence-electron chi connectivity index (χ3n) is 5.36. The zero-order chi connectivity index (χ0) is 20.6. The van der Waals surface area contributed by atoms with Gasteiger partial charge in [0, 0.05) is 24.3 Å². The van der Waals surface area contributed by atoms with Crippen LogP contribution in [0.1, 0.15) is 31.9 Å². The van der Waals surface area contributed by atoms with Crippen molar-refractivity contribution in [3.05, 3.63) is 70.7 Å². The first-order valence-electron chi connectivity index (χ1n) is 9.44. The van der Waals surface area contributed by atoms with Gasteiger partial charge in [0.25, 0.3) is 5.56 Å². The minimum atomic E-state index is -0.860. The van der Waals surface area contributed by atoms with Crippen LogP contribution in [0.5, 0.6) is 0 Å². The van der Waals surface area contributed by atoms with Gasteiger partial charge in [-0.25, -0.2) is 19.3 Å². The standard InChI is InChI=1S/C21H22FN5O2/c1-21(2)8-10-26-19(29)11-17(16-7-9-23-13-24-16)25-20(26)27(21)12-18(28)14-3-5-15(22)6-4-14/h3-7,9,11,13,18,28H,8,10,12H2,1-2H3/t18-/m0/s1. The maximum atomic E-state index is 13.2. The molecule has 0 spiro atoms. The minimum Gasteiger partial charge on any atom is -0.387 e. The maximum absolute atomic E-state index is 13.2. The van der Waals surface area contributed by atoms with Crippen LogP contribution in [0.25, 0.3) is 11.4 Å². The third-order valence-corrected chi connectivity index (χ3v) is 5.36. The molecule has 0 saturated carbocycles. The number of hydrogen-bond acceptors (Lipinski definition) is 6. The molecular weight excluding hydrogens is 373 g/mol. The molecule has 1 aromatic carbocycles. The van der Waals surface area contributed by atoms with Gasteiger partial charge in [0.05, 0.1) is 24.0 Å². The summed E-state index contributed by atoms with van der Waals surface area (Å²) in [5, 5.41) is 10.8. The van der Waals surface area contributed by atoms with Crippen LogP contribution in [0.15, 0.2) is 53.7 Å². The SMILES string of the molecule is CC1(C)CCn2c(nc(-c3ccncn3)cc2=O)N1C[C@H](O)c1ccc(F)cc1. The van der Waals surface area contributed by atoms with Crippen LogP contribution >= 0.6 is 0 Å². The zero-order valence-corrected chi connectivity index (χ0v) is 16.3. The highest BCUT2D eigenvalue weighted by Gasteiger charge is 2.36. The summed E-state index contributed by atoms with van der Waals surface area (Å²) < 4.78 is 14.8. The van der Waals surface area contributed by atoms with Crippen molar-refractivity contribution in [2.45, 2.75) is 38.5 Å². The van der Waals surface area contributed by atoms with Gasteiger partial charge >= 0.3 is 0 Å². The predicted molar refractivity (Wildman–Crippen MR) is 107 cm³/mol. The number of β-amino-alcohol motifs (C(OH)–C–C–N with tert-alkyl or cyclic N) is 1. The van der Waals surface area contributed by atoms with E-state index in [0.29, 0.717) is 29.4 Å². The summed E-state index contributed by atoms with van der Waals surface area (Å²) >= 11 is 0. The molecule has 4 rings (SSSR count). The van der Waals surface area contributed by atoms with E-state index in [1.807, 2.05) is 4.90 Å². The van der Waals surface area contributed by atoms with Crippen LogP contribution in [-0.4, -0.2) is 36.7 Å². The van der Waals surface area contributed by atoms with Crippen molar-refractivity contribution >= 4 is 5.95 Å². The molecule has 1 atom stereocenters. The van der Waals surface area contributed by atoms with Crippen molar-refractivity contribution < 1.29 is 9.50 Å². The highest BCUT2D eigenvalue weighted by Crippen LogP contribution is 2.33. The number of benzene rings is 1. The first kappa shape index (κ1) is 19.2. The Hall–Kier alpha value is -3.13. The van der Waals surface area contributed by atoms with E-state index >= 15 is 0 Å². The number of aliphatic hydroxyl groups is 1. The molecule has 0 bridgehead atoms. The second-order valence-corrected chi connectivity index (χ2v) is 7.77. The monoisotopic (exact) mass is 395 g/mol. The van der Waals surface area contributed by atoms with E-state index in [-0.39, 0.29) is 23.5 Å². The highest BCUT2D eigenvalue weighted by molar-refractivity contribution is 5.56. The molecule has 7 nitrogen and oxygen atoms in total. The lowest BCUT2D eigenvalue weighted by Crippen LogP contribution is -2.53. The summed E-state index contributed by atoms with van der Waals surface area (Å²) in [5.74, 6) is 0.135. The number of fused-ring (bicyclic) bond motifs is 1. The van der Waals surface area contributed by atoms with Crippen molar-refractivity contribution in [3.8, 4) is 11.4 Å². The summed E-state index contributed by atoms with van der Waals surface area (Å²) in [6.45, 7) is 4.87. The van der Waals surface area contributed by atoms with E-state index in [1.165, 1.54) is 24.5 Å². The van der Waals surface area contributed by atoms with E-state index < -0.39 is 6.10 Å². The first-order valence-corrected chi connectivity index (χ1v) is 9.44. The Bertz CT molecular complexity index is 1070. The van der Waals surface area contributed by atoms with Crippen LogP contribution in [0.4, 0.5) is 10.3 Å². The van der Waals surface area contributed by atoms with Crippen LogP contribution < -0.4 is 10.5 Å². The fourth-order valence-electron chi connectivity index (χ4n) is 3.57. The predicted octanol–water partition coefficient (Wildman–Crippen LogP) is 2.56. The van der Waals surface area contributed by atoms with Crippen LogP contribution in [0.3, 0.4) is 0 Å². The third kappa shape index (κ3) is 3.75. The van der Waals surface area contributed by atoms with E-state index in [2.05, 4.69) is 23.8 Å². The summed E-state index contributed by atoms with van der Waals surface area (Å²) in [5.41, 5.74) is 1.13. The molecule has 8 heteroatoms. The molecule has 3 heterocycles. The van der Waals surface area contributed by atoms with Crippen molar-refractivity contribution in [1.29, 1.82) is 0 Å². The average Bonchev–Trinajstić information content (AvgIpc) is 2.71. The van der Waals surface area contributed by atoms with E-state index in [0.717, 1.165) is 6.42 Å². The first-order chi connectivity index (χ1) is 13.8. The quantitative estimate of drug-likeness (QED) is 0.731.